The van der Waals surface area contributed by atoms with Crippen LogP contribution < -0.4 is 15.8 Å². The second-order valence-electron chi connectivity index (χ2n) is 10.8. The molecule has 3 aromatic rings. The molecule has 0 atom stereocenters. The van der Waals surface area contributed by atoms with Crippen LogP contribution in [0.1, 0.15) is 51.0 Å². The van der Waals surface area contributed by atoms with Crippen molar-refractivity contribution in [2.75, 3.05) is 50.0 Å². The molecule has 1 saturated heterocycles. The first-order valence-corrected chi connectivity index (χ1v) is 13.3. The zero-order chi connectivity index (χ0) is 23.9. The average molecular weight is 477 g/mol. The van der Waals surface area contributed by atoms with E-state index >= 15 is 0 Å². The molecule has 186 valence electrons. The second kappa shape index (κ2) is 9.39. The lowest BCUT2D eigenvalue weighted by molar-refractivity contribution is 0.111. The molecule has 2 aliphatic carbocycles. The maximum atomic E-state index is 14.0. The van der Waals surface area contributed by atoms with E-state index in [9.17, 15) is 9.90 Å². The molecule has 6 rings (SSSR count). The van der Waals surface area contributed by atoms with Gasteiger partial charge in [-0.2, -0.15) is 4.98 Å². The first kappa shape index (κ1) is 22.7. The summed E-state index contributed by atoms with van der Waals surface area (Å²) in [4.78, 5) is 28.3. The summed E-state index contributed by atoms with van der Waals surface area (Å²) in [6.45, 7) is 4.85. The number of likely N-dealkylation sites (N-methyl/N-ethyl adjacent to an activating group) is 1. The summed E-state index contributed by atoms with van der Waals surface area (Å²) in [6.07, 6.45) is 8.45. The van der Waals surface area contributed by atoms with E-state index in [0.29, 0.717) is 17.5 Å². The van der Waals surface area contributed by atoms with Crippen LogP contribution in [-0.2, 0) is 0 Å². The third-order valence-electron chi connectivity index (χ3n) is 8.41. The highest BCUT2D eigenvalue weighted by Crippen LogP contribution is 2.33. The van der Waals surface area contributed by atoms with Crippen molar-refractivity contribution < 1.29 is 5.11 Å². The maximum Gasteiger partial charge on any atom is 0.260 e. The van der Waals surface area contributed by atoms with Crippen molar-refractivity contribution in [2.24, 2.45) is 5.92 Å². The van der Waals surface area contributed by atoms with E-state index in [0.717, 1.165) is 80.3 Å². The van der Waals surface area contributed by atoms with Crippen molar-refractivity contribution in [3.63, 3.8) is 0 Å². The topological polar surface area (TPSA) is 86.5 Å². The van der Waals surface area contributed by atoms with E-state index in [4.69, 9.17) is 4.98 Å². The lowest BCUT2D eigenvalue weighted by atomic mass is 9.85. The van der Waals surface area contributed by atoms with Crippen LogP contribution in [0.2, 0.25) is 0 Å². The van der Waals surface area contributed by atoms with Gasteiger partial charge in [0.15, 0.2) is 0 Å². The number of pyridine rings is 1. The number of aromatic nitrogens is 3. The smallest absolute Gasteiger partial charge is 0.260 e. The number of piperazine rings is 1. The normalized spacial score (nSPS) is 24.1. The van der Waals surface area contributed by atoms with Crippen LogP contribution in [0.25, 0.3) is 21.8 Å². The fourth-order valence-corrected chi connectivity index (χ4v) is 5.85. The van der Waals surface area contributed by atoms with Crippen molar-refractivity contribution in [3.05, 3.63) is 34.7 Å². The Morgan fingerprint density at radius 3 is 2.49 bits per heavy atom. The molecular formula is C27H36N6O2. The summed E-state index contributed by atoms with van der Waals surface area (Å²) in [5, 5.41) is 16.1. The number of nitrogens with zero attached hydrogens (tertiary/aromatic N) is 5. The molecule has 0 amide bonds. The van der Waals surface area contributed by atoms with Gasteiger partial charge < -0.3 is 20.2 Å². The van der Waals surface area contributed by atoms with Crippen molar-refractivity contribution in [1.82, 2.24) is 19.4 Å². The van der Waals surface area contributed by atoms with Gasteiger partial charge in [0.1, 0.15) is 5.65 Å². The van der Waals surface area contributed by atoms with E-state index in [-0.39, 0.29) is 17.7 Å². The monoisotopic (exact) mass is 476 g/mol. The summed E-state index contributed by atoms with van der Waals surface area (Å²) < 4.78 is 1.91. The average Bonchev–Trinajstić information content (AvgIpc) is 2.84. The third-order valence-corrected chi connectivity index (χ3v) is 8.41. The van der Waals surface area contributed by atoms with E-state index in [1.54, 1.807) is 0 Å². The molecule has 0 bridgehead atoms. The molecule has 35 heavy (non-hydrogen) atoms. The molecule has 2 saturated carbocycles. The Morgan fingerprint density at radius 1 is 1.00 bits per heavy atom. The van der Waals surface area contributed by atoms with Crippen molar-refractivity contribution in [2.45, 2.75) is 57.1 Å². The summed E-state index contributed by atoms with van der Waals surface area (Å²) in [7, 11) is 2.15. The predicted molar refractivity (Wildman–Crippen MR) is 140 cm³/mol. The zero-order valence-corrected chi connectivity index (χ0v) is 20.6. The number of rotatable bonds is 5. The molecule has 1 aliphatic heterocycles. The molecule has 1 aromatic carbocycles. The Labute approximate surface area is 206 Å². The van der Waals surface area contributed by atoms with Crippen molar-refractivity contribution in [3.8, 4) is 0 Å². The molecule has 3 fully saturated rings. The Bertz CT molecular complexity index is 1270. The highest BCUT2D eigenvalue weighted by atomic mass is 16.3. The highest BCUT2D eigenvalue weighted by Gasteiger charge is 2.26. The fourth-order valence-electron chi connectivity index (χ4n) is 5.85. The number of anilines is 2. The summed E-state index contributed by atoms with van der Waals surface area (Å²) in [6, 6.07) is 6.32. The van der Waals surface area contributed by atoms with Gasteiger partial charge in [0, 0.05) is 56.0 Å². The third kappa shape index (κ3) is 4.38. The molecule has 0 spiro atoms. The van der Waals surface area contributed by atoms with Gasteiger partial charge in [-0.05, 0) is 69.0 Å². The van der Waals surface area contributed by atoms with Crippen LogP contribution in [0.5, 0.6) is 0 Å². The molecule has 8 nitrogen and oxygen atoms in total. The Morgan fingerprint density at radius 2 is 1.77 bits per heavy atom. The van der Waals surface area contributed by atoms with Crippen LogP contribution in [0.4, 0.5) is 11.6 Å². The zero-order valence-electron chi connectivity index (χ0n) is 20.6. The van der Waals surface area contributed by atoms with Crippen LogP contribution in [0, 0.1) is 5.92 Å². The fraction of sp³-hybridized carbons (Fsp3) is 0.593. The Balaban J connectivity index is 1.45. The van der Waals surface area contributed by atoms with Crippen LogP contribution in [0.15, 0.2) is 29.2 Å². The molecule has 0 unspecified atom stereocenters. The molecular weight excluding hydrogens is 440 g/mol. The molecule has 3 aliphatic rings. The van der Waals surface area contributed by atoms with E-state index < -0.39 is 0 Å². The first-order chi connectivity index (χ1) is 17.1. The predicted octanol–water partition coefficient (Wildman–Crippen LogP) is 3.38. The second-order valence-corrected chi connectivity index (χ2v) is 10.8. The lowest BCUT2D eigenvalue weighted by Crippen LogP contribution is -2.44. The number of fused-ring (bicyclic) bond motifs is 3. The van der Waals surface area contributed by atoms with Gasteiger partial charge >= 0.3 is 0 Å². The van der Waals surface area contributed by atoms with Gasteiger partial charge in [0.25, 0.3) is 5.56 Å². The number of nitrogens with one attached hydrogen (secondary N) is 1. The van der Waals surface area contributed by atoms with Crippen LogP contribution >= 0.6 is 0 Å². The van der Waals surface area contributed by atoms with Gasteiger partial charge in [-0.15, -0.1) is 0 Å². The lowest BCUT2D eigenvalue weighted by Gasteiger charge is -2.34. The maximum absolute atomic E-state index is 14.0. The van der Waals surface area contributed by atoms with Gasteiger partial charge in [-0.1, -0.05) is 12.5 Å². The van der Waals surface area contributed by atoms with E-state index in [1.807, 2.05) is 10.8 Å². The molecule has 2 N–H and O–H groups in total. The Hall–Kier alpha value is -2.71. The SMILES string of the molecule is CN1CCN(c2ccc3c(c2)c(=O)n([C@H]2CC[C@H](O)CC2)c2nc(NCC4CCC4)ncc32)CC1. The largest absolute Gasteiger partial charge is 0.393 e. The molecule has 0 radical (unpaired) electrons. The number of hydrogen-bond acceptors (Lipinski definition) is 7. The summed E-state index contributed by atoms with van der Waals surface area (Å²) >= 11 is 0. The summed E-state index contributed by atoms with van der Waals surface area (Å²) in [5.41, 5.74) is 1.84. The number of aliphatic hydroxyl groups is 1. The van der Waals surface area contributed by atoms with E-state index in [2.05, 4.69) is 45.3 Å². The minimum Gasteiger partial charge on any atom is -0.393 e. The van der Waals surface area contributed by atoms with Gasteiger partial charge in [-0.3, -0.25) is 9.36 Å². The molecule has 2 aromatic heterocycles. The molecule has 8 heteroatoms. The number of hydrogen-bond donors (Lipinski definition) is 2. The first-order valence-electron chi connectivity index (χ1n) is 13.3. The minimum absolute atomic E-state index is 0.0218. The quantitative estimate of drug-likeness (QED) is 0.546. The van der Waals surface area contributed by atoms with E-state index in [1.165, 1.54) is 19.3 Å². The van der Waals surface area contributed by atoms with Gasteiger partial charge in [0.2, 0.25) is 5.95 Å². The van der Waals surface area contributed by atoms with Gasteiger partial charge in [0.05, 0.1) is 11.5 Å². The van der Waals surface area contributed by atoms with Crippen LogP contribution in [0.3, 0.4) is 0 Å². The molecule has 3 heterocycles. The standard InChI is InChI=1S/C27H36N6O2/c1-31-11-13-32(14-12-31)20-7-10-22-23(15-20)26(35)33(19-5-8-21(34)9-6-19)25-24(22)17-29-27(30-25)28-16-18-3-2-4-18/h7,10,15,17-19,21,34H,2-6,8-9,11-14,16H2,1H3,(H,28,29,30)/t19-,21-. The summed E-state index contributed by atoms with van der Waals surface area (Å²) in [5.74, 6) is 1.29. The number of aliphatic hydroxyl groups excluding tert-OH is 1. The van der Waals surface area contributed by atoms with Gasteiger partial charge in [-0.25, -0.2) is 4.98 Å². The minimum atomic E-state index is -0.271. The van der Waals surface area contributed by atoms with Crippen molar-refractivity contribution >= 4 is 33.4 Å². The highest BCUT2D eigenvalue weighted by molar-refractivity contribution is 6.05. The van der Waals surface area contributed by atoms with Crippen molar-refractivity contribution in [1.29, 1.82) is 0 Å². The van der Waals surface area contributed by atoms with Crippen LogP contribution in [-0.4, -0.2) is 70.4 Å². The number of benzene rings is 1. The Kier molecular flexibility index (Phi) is 6.10.